The van der Waals surface area contributed by atoms with Gasteiger partial charge >= 0.3 is 0 Å². The highest BCUT2D eigenvalue weighted by Gasteiger charge is 2.68. The molecule has 0 spiro atoms. The quantitative estimate of drug-likeness (QED) is 0.120. The van der Waals surface area contributed by atoms with E-state index in [1.54, 1.807) is 0 Å². The van der Waals surface area contributed by atoms with Gasteiger partial charge in [0.15, 0.2) is 85.6 Å². The van der Waals surface area contributed by atoms with Gasteiger partial charge in [0.2, 0.25) is 0 Å². The standard InChI is InChI=1S/C23H22ClF2NO3S.C22H20ClF2NO3S.C22H18ClF2NO3S.C22H21ClF2O4S/c1-13-2-7-16-17-12-30-22-19(26)9-8-18(25)21(22)23(17,11-10-20(16)27-13)31(28,29)15-5-3-14(24)4-6-15;2*1-12-10-15-16-11-29-21-18(25)7-6-17(24)20(21)22(16,9-8-19(15)26-12)30(27,28)14-4-2-13(23)3-5-14;1-12-10-15-16-11-28-21-18(25)7-6-17(24)20(21)22(16,9-8-19(15)29-12)30(26,27)14-4-2-13(23)3-5-14/h3-6,8-9,16-17,20,27H,1-2,7,10-12H2;2-7,15-16,19,26H,1,8-11H2;2-7,16,26H,1,8-11H2;2-7,12,15-16,19H,8-11H2,1H3/t16-,17-,20+,23-;15-,16-,19+,22-;16-,22-;12-,15+,16+,19-,22+/m0001/s1. The van der Waals surface area contributed by atoms with Crippen molar-refractivity contribution in [2.75, 3.05) is 26.4 Å². The Morgan fingerprint density at radius 3 is 1.13 bits per heavy atom. The summed E-state index contributed by atoms with van der Waals surface area (Å²) in [6.07, 6.45) is 5.34. The molecule has 121 heavy (non-hydrogen) atoms. The van der Waals surface area contributed by atoms with E-state index in [0.29, 0.717) is 77.9 Å². The Kier molecular flexibility index (Phi) is 22.0. The summed E-state index contributed by atoms with van der Waals surface area (Å²) in [6.45, 7) is 13.8. The smallest absolute Gasteiger partial charge is 0.189 e. The number of ether oxygens (including phenoxy) is 5. The van der Waals surface area contributed by atoms with Crippen molar-refractivity contribution in [2.45, 2.75) is 153 Å². The highest BCUT2D eigenvalue weighted by Crippen LogP contribution is 2.65. The number of sulfone groups is 4. The summed E-state index contributed by atoms with van der Waals surface area (Å²) in [5.41, 5.74) is 3.45. The van der Waals surface area contributed by atoms with E-state index in [0.717, 1.165) is 76.9 Å². The lowest BCUT2D eigenvalue weighted by Gasteiger charge is -2.54. The zero-order valence-electron chi connectivity index (χ0n) is 64.8. The van der Waals surface area contributed by atoms with Crippen molar-refractivity contribution >= 4 is 85.8 Å². The fraction of sp³-hybridized carbons (Fsp3) is 0.371. The van der Waals surface area contributed by atoms with Gasteiger partial charge in [-0.1, -0.05) is 66.1 Å². The molecule has 0 aromatic heterocycles. The van der Waals surface area contributed by atoms with Crippen LogP contribution in [0.3, 0.4) is 0 Å². The molecule has 0 unspecified atom stereocenters. The fourth-order valence-electron chi connectivity index (χ4n) is 22.1. The van der Waals surface area contributed by atoms with Gasteiger partial charge in [0.25, 0.3) is 0 Å². The molecule has 3 saturated carbocycles. The Morgan fingerprint density at radius 2 is 0.719 bits per heavy atom. The summed E-state index contributed by atoms with van der Waals surface area (Å²) >= 11 is 23.8. The lowest BCUT2D eigenvalue weighted by atomic mass is 9.63. The fourth-order valence-corrected chi connectivity index (χ4v) is 32.1. The van der Waals surface area contributed by atoms with E-state index in [9.17, 15) is 51.2 Å². The number of fused-ring (bicyclic) bond motifs is 19. The van der Waals surface area contributed by atoms with Crippen LogP contribution < -0.4 is 34.9 Å². The van der Waals surface area contributed by atoms with E-state index in [-0.39, 0.29) is 159 Å². The third-order valence-corrected chi connectivity index (χ3v) is 38.4. The molecule has 8 aromatic carbocycles. The monoisotopic (exact) mass is 1820 g/mol. The van der Waals surface area contributed by atoms with Gasteiger partial charge in [0.1, 0.15) is 42.3 Å². The van der Waals surface area contributed by atoms with Gasteiger partial charge in [-0.05, 0) is 253 Å². The number of hydrogen-bond donors (Lipinski definition) is 3. The summed E-state index contributed by atoms with van der Waals surface area (Å²) in [6, 6.07) is 31.2. The second-order valence-corrected chi connectivity index (χ2v) is 43.7. The number of halogens is 12. The Labute approximate surface area is 715 Å². The summed E-state index contributed by atoms with van der Waals surface area (Å²) in [7, 11) is -16.5. The van der Waals surface area contributed by atoms with Crippen molar-refractivity contribution in [2.24, 2.45) is 41.4 Å². The predicted molar refractivity (Wildman–Crippen MR) is 439 cm³/mol. The predicted octanol–water partition coefficient (Wildman–Crippen LogP) is 19.3. The molecule has 0 amide bonds. The number of hydrogen-bond acceptors (Lipinski definition) is 16. The van der Waals surface area contributed by atoms with Crippen LogP contribution in [0.4, 0.5) is 35.1 Å². The third-order valence-electron chi connectivity index (χ3n) is 27.2. The number of nitrogens with one attached hydrogen (secondary N) is 3. The molecule has 0 bridgehead atoms. The molecule has 12 aliphatic rings. The molecule has 638 valence electrons. The second kappa shape index (κ2) is 31.4. The minimum Gasteiger partial charge on any atom is -0.490 e. The normalized spacial score (nSPS) is 29.4. The zero-order valence-corrected chi connectivity index (χ0v) is 71.1. The van der Waals surface area contributed by atoms with Crippen LogP contribution in [0, 0.1) is 88.0 Å². The molecule has 15 atom stereocenters. The summed E-state index contributed by atoms with van der Waals surface area (Å²) in [5.74, 6) is -9.93. The van der Waals surface area contributed by atoms with Crippen LogP contribution in [-0.4, -0.2) is 84.4 Å². The number of benzene rings is 8. The molecule has 0 radical (unpaired) electrons. The van der Waals surface area contributed by atoms with Crippen molar-refractivity contribution in [3.8, 4) is 23.0 Å². The average molecular weight is 1820 g/mol. The summed E-state index contributed by atoms with van der Waals surface area (Å²) in [5, 5.41) is 11.5. The first-order valence-corrected chi connectivity index (χ1v) is 47.1. The van der Waals surface area contributed by atoms with Crippen LogP contribution in [0.2, 0.25) is 20.1 Å². The molecule has 16 nitrogen and oxygen atoms in total. The highest BCUT2D eigenvalue weighted by atomic mass is 35.5. The summed E-state index contributed by atoms with van der Waals surface area (Å²) < 4.78 is 255. The molecule has 8 aliphatic heterocycles. The lowest BCUT2D eigenvalue weighted by molar-refractivity contribution is -0.0174. The van der Waals surface area contributed by atoms with Crippen molar-refractivity contribution < 1.29 is 92.5 Å². The Hall–Kier alpha value is -8.32. The molecule has 8 heterocycles. The summed E-state index contributed by atoms with van der Waals surface area (Å²) in [4.78, 5) is 0.141. The maximum absolute atomic E-state index is 15.3. The first-order valence-electron chi connectivity index (χ1n) is 39.7. The van der Waals surface area contributed by atoms with Crippen molar-refractivity contribution in [3.05, 3.63) is 283 Å². The molecule has 6 fully saturated rings. The number of allylic oxidation sites excluding steroid dienone is 4. The van der Waals surface area contributed by atoms with Gasteiger partial charge in [-0.15, -0.1) is 0 Å². The van der Waals surface area contributed by atoms with Crippen LogP contribution in [0.1, 0.15) is 113 Å². The Balaban J connectivity index is 0.000000115. The van der Waals surface area contributed by atoms with E-state index in [4.69, 9.17) is 70.1 Å². The van der Waals surface area contributed by atoms with Crippen molar-refractivity contribution in [1.82, 2.24) is 16.0 Å². The van der Waals surface area contributed by atoms with E-state index < -0.39 is 129 Å². The van der Waals surface area contributed by atoms with Crippen LogP contribution in [0.15, 0.2) is 213 Å². The average Bonchev–Trinajstić information content (AvgIpc) is 1.07. The number of piperidine rings is 1. The highest BCUT2D eigenvalue weighted by molar-refractivity contribution is 7.93. The Bertz CT molecular complexity index is 6120. The van der Waals surface area contributed by atoms with Crippen LogP contribution in [-0.2, 0) is 63.1 Å². The van der Waals surface area contributed by atoms with E-state index >= 15 is 17.6 Å². The molecular weight excluding hydrogens is 1740 g/mol. The maximum Gasteiger partial charge on any atom is 0.189 e. The minimum atomic E-state index is -4.15. The van der Waals surface area contributed by atoms with E-state index in [2.05, 4.69) is 35.7 Å². The van der Waals surface area contributed by atoms with Gasteiger partial charge in [-0.3, -0.25) is 0 Å². The third kappa shape index (κ3) is 13.4. The first kappa shape index (κ1) is 84.9. The maximum atomic E-state index is 15.3. The van der Waals surface area contributed by atoms with Crippen LogP contribution in [0.5, 0.6) is 23.0 Å². The molecular formula is C89H81Cl4F8N3O13S4. The van der Waals surface area contributed by atoms with Gasteiger partial charge in [-0.25, -0.2) is 68.8 Å². The van der Waals surface area contributed by atoms with E-state index in [1.807, 2.05) is 6.92 Å². The van der Waals surface area contributed by atoms with Gasteiger partial charge in [0, 0.05) is 85.1 Å². The molecule has 20 rings (SSSR count). The largest absolute Gasteiger partial charge is 0.490 e. The molecule has 3 N–H and O–H groups in total. The van der Waals surface area contributed by atoms with Crippen molar-refractivity contribution in [3.63, 3.8) is 0 Å². The van der Waals surface area contributed by atoms with E-state index in [1.165, 1.54) is 97.1 Å². The topological polar surface area (TPSA) is 219 Å². The number of rotatable bonds is 8. The van der Waals surface area contributed by atoms with Gasteiger partial charge in [-0.2, -0.15) is 0 Å². The van der Waals surface area contributed by atoms with Gasteiger partial charge in [0.05, 0.1) is 80.5 Å². The second-order valence-electron chi connectivity index (χ2n) is 33.1. The lowest BCUT2D eigenvalue weighted by Crippen LogP contribution is -2.60. The molecule has 4 aliphatic carbocycles. The molecule has 32 heteroatoms. The van der Waals surface area contributed by atoms with Crippen molar-refractivity contribution in [1.29, 1.82) is 0 Å². The minimum absolute atomic E-state index is 0.00254. The SMILES string of the molecule is C=C1CC2=C(CC[C@@]3(S(=O)(=O)c4ccc(Cl)cc4)c4c(F)ccc(F)c4OC[C@@H]23)N1.C=C1CC[C@@H]2[C@@H](CC[C@@]3(S(=O)(=O)c4ccc(Cl)cc4)c4c(F)ccc(F)c4OC[C@@H]23)N1.C=C1C[C@@H]2[C@@H](CC[C@@]3(S(=O)(=O)c4ccc(Cl)cc4)c4c(F)ccc(F)c4OC[C@@H]23)N1.C[C@@H]1C[C@@H]2[C@@H](CC[C@@]3(S(=O)(=O)c4ccc(Cl)cc4)c4c(F)ccc(F)c4OC[C@@H]23)O1. The molecule has 8 aromatic rings. The van der Waals surface area contributed by atoms with Gasteiger partial charge < -0.3 is 39.6 Å². The molecule has 3 saturated heterocycles. The van der Waals surface area contributed by atoms with Crippen LogP contribution >= 0.6 is 46.4 Å². The Morgan fingerprint density at radius 1 is 0.380 bits per heavy atom. The first-order chi connectivity index (χ1) is 57.5. The van der Waals surface area contributed by atoms with Crippen LogP contribution in [0.25, 0.3) is 0 Å². The zero-order chi connectivity index (χ0) is 85.7.